The first-order chi connectivity index (χ1) is 11.7. The number of nitrogens with zero attached hydrogens (tertiary/aromatic N) is 1. The fourth-order valence-corrected chi connectivity index (χ4v) is 3.88. The second-order valence-corrected chi connectivity index (χ2v) is 7.05. The molecule has 2 saturated heterocycles. The Morgan fingerprint density at radius 1 is 1.29 bits per heavy atom. The van der Waals surface area contributed by atoms with Gasteiger partial charge in [-0.3, -0.25) is 0 Å². The average molecular weight is 332 g/mol. The van der Waals surface area contributed by atoms with E-state index < -0.39 is 0 Å². The van der Waals surface area contributed by atoms with Crippen LogP contribution in [0.2, 0.25) is 0 Å². The highest BCUT2D eigenvalue weighted by Crippen LogP contribution is 2.34. The summed E-state index contributed by atoms with van der Waals surface area (Å²) in [5.41, 5.74) is 1.24. The van der Waals surface area contributed by atoms with Crippen molar-refractivity contribution in [1.82, 2.24) is 10.2 Å². The SMILES string of the molecule is O=C(NCC1(c2ccccc2)CCOCC1)N1CCCC(CO)C1. The molecule has 1 atom stereocenters. The number of carbonyl (C=O) groups excluding carboxylic acids is 1. The van der Waals surface area contributed by atoms with Gasteiger partial charge in [0.15, 0.2) is 0 Å². The zero-order valence-electron chi connectivity index (χ0n) is 14.2. The Balaban J connectivity index is 1.64. The van der Waals surface area contributed by atoms with Crippen LogP contribution in [0.4, 0.5) is 4.79 Å². The van der Waals surface area contributed by atoms with Crippen molar-refractivity contribution >= 4 is 6.03 Å². The molecule has 2 amide bonds. The largest absolute Gasteiger partial charge is 0.396 e. The molecule has 0 saturated carbocycles. The van der Waals surface area contributed by atoms with Crippen molar-refractivity contribution in [2.45, 2.75) is 31.1 Å². The average Bonchev–Trinajstić information content (AvgIpc) is 2.67. The monoisotopic (exact) mass is 332 g/mol. The van der Waals surface area contributed by atoms with Gasteiger partial charge in [0, 0.05) is 44.9 Å². The lowest BCUT2D eigenvalue weighted by Gasteiger charge is -2.39. The number of rotatable bonds is 4. The summed E-state index contributed by atoms with van der Waals surface area (Å²) in [6, 6.07) is 10.4. The number of aliphatic hydroxyl groups excluding tert-OH is 1. The van der Waals surface area contributed by atoms with Crippen molar-refractivity contribution in [2.75, 3.05) is 39.5 Å². The molecule has 0 aliphatic carbocycles. The molecule has 2 N–H and O–H groups in total. The fraction of sp³-hybridized carbons (Fsp3) is 0.632. The first-order valence-corrected chi connectivity index (χ1v) is 9.00. The molecule has 2 aliphatic rings. The van der Waals surface area contributed by atoms with E-state index in [1.54, 1.807) is 0 Å². The van der Waals surface area contributed by atoms with Crippen LogP contribution in [-0.4, -0.2) is 55.5 Å². The van der Waals surface area contributed by atoms with Crippen LogP contribution in [0.25, 0.3) is 0 Å². The van der Waals surface area contributed by atoms with E-state index in [-0.39, 0.29) is 24.0 Å². The number of hydrogen-bond acceptors (Lipinski definition) is 3. The lowest BCUT2D eigenvalue weighted by molar-refractivity contribution is 0.0496. The van der Waals surface area contributed by atoms with Crippen LogP contribution in [0.5, 0.6) is 0 Å². The van der Waals surface area contributed by atoms with Gasteiger partial charge in [-0.15, -0.1) is 0 Å². The zero-order chi connectivity index (χ0) is 16.8. The van der Waals surface area contributed by atoms with Gasteiger partial charge in [0.25, 0.3) is 0 Å². The minimum atomic E-state index is -0.0403. The number of amides is 2. The predicted octanol–water partition coefficient (Wildman–Crippen LogP) is 2.15. The summed E-state index contributed by atoms with van der Waals surface area (Å²) in [5, 5.41) is 12.5. The summed E-state index contributed by atoms with van der Waals surface area (Å²) in [5.74, 6) is 0.218. The number of benzene rings is 1. The van der Waals surface area contributed by atoms with E-state index >= 15 is 0 Å². The lowest BCUT2D eigenvalue weighted by Crippen LogP contribution is -2.51. The van der Waals surface area contributed by atoms with E-state index in [9.17, 15) is 9.90 Å². The minimum Gasteiger partial charge on any atom is -0.396 e. The summed E-state index contributed by atoms with van der Waals surface area (Å²) < 4.78 is 5.55. The minimum absolute atomic E-state index is 0.00468. The van der Waals surface area contributed by atoms with E-state index in [4.69, 9.17) is 4.74 Å². The van der Waals surface area contributed by atoms with Crippen LogP contribution in [0.15, 0.2) is 30.3 Å². The molecule has 1 aromatic carbocycles. The van der Waals surface area contributed by atoms with Crippen LogP contribution in [0, 0.1) is 5.92 Å². The van der Waals surface area contributed by atoms with Gasteiger partial charge in [-0.1, -0.05) is 30.3 Å². The van der Waals surface area contributed by atoms with Crippen LogP contribution >= 0.6 is 0 Å². The first-order valence-electron chi connectivity index (χ1n) is 9.00. The highest BCUT2D eigenvalue weighted by molar-refractivity contribution is 5.74. The molecule has 2 aliphatic heterocycles. The highest BCUT2D eigenvalue weighted by atomic mass is 16.5. The van der Waals surface area contributed by atoms with Crippen molar-refractivity contribution in [3.63, 3.8) is 0 Å². The second kappa shape index (κ2) is 7.99. The molecule has 1 aromatic rings. The Morgan fingerprint density at radius 3 is 2.75 bits per heavy atom. The molecule has 5 nitrogen and oxygen atoms in total. The first kappa shape index (κ1) is 17.2. The van der Waals surface area contributed by atoms with E-state index in [1.807, 2.05) is 11.0 Å². The van der Waals surface area contributed by atoms with Crippen LogP contribution in [0.1, 0.15) is 31.2 Å². The van der Waals surface area contributed by atoms with Gasteiger partial charge < -0.3 is 20.1 Å². The standard InChI is InChI=1S/C19H28N2O3/c22-14-16-5-4-10-21(13-16)18(23)20-15-19(8-11-24-12-9-19)17-6-2-1-3-7-17/h1-3,6-7,16,22H,4-5,8-15H2,(H,20,23). The third-order valence-electron chi connectivity index (χ3n) is 5.48. The lowest BCUT2D eigenvalue weighted by atomic mass is 9.74. The molecule has 0 bridgehead atoms. The van der Waals surface area contributed by atoms with Crippen molar-refractivity contribution in [2.24, 2.45) is 5.92 Å². The van der Waals surface area contributed by atoms with Crippen LogP contribution < -0.4 is 5.32 Å². The summed E-state index contributed by atoms with van der Waals surface area (Å²) in [6.45, 7) is 3.71. The number of piperidine rings is 1. The maximum absolute atomic E-state index is 12.6. The van der Waals surface area contributed by atoms with E-state index in [0.29, 0.717) is 13.1 Å². The molecule has 2 fully saturated rings. The summed E-state index contributed by atoms with van der Waals surface area (Å²) >= 11 is 0. The number of ether oxygens (including phenoxy) is 1. The maximum atomic E-state index is 12.6. The van der Waals surface area contributed by atoms with Gasteiger partial charge in [-0.2, -0.15) is 0 Å². The smallest absolute Gasteiger partial charge is 0.317 e. The Bertz CT molecular complexity index is 529. The molecule has 5 heteroatoms. The molecular formula is C19H28N2O3. The molecule has 3 rings (SSSR count). The van der Waals surface area contributed by atoms with E-state index in [2.05, 4.69) is 29.6 Å². The third kappa shape index (κ3) is 3.90. The Kier molecular flexibility index (Phi) is 5.74. The molecule has 2 heterocycles. The number of carbonyl (C=O) groups is 1. The van der Waals surface area contributed by atoms with Gasteiger partial charge in [-0.05, 0) is 37.2 Å². The van der Waals surface area contributed by atoms with Crippen LogP contribution in [-0.2, 0) is 10.2 Å². The van der Waals surface area contributed by atoms with Crippen molar-refractivity contribution in [3.8, 4) is 0 Å². The molecule has 24 heavy (non-hydrogen) atoms. The quantitative estimate of drug-likeness (QED) is 0.888. The van der Waals surface area contributed by atoms with Crippen molar-refractivity contribution in [3.05, 3.63) is 35.9 Å². The fourth-order valence-electron chi connectivity index (χ4n) is 3.88. The number of urea groups is 1. The van der Waals surface area contributed by atoms with Crippen molar-refractivity contribution in [1.29, 1.82) is 0 Å². The molecule has 1 unspecified atom stereocenters. The van der Waals surface area contributed by atoms with Gasteiger partial charge in [0.05, 0.1) is 0 Å². The van der Waals surface area contributed by atoms with Gasteiger partial charge in [-0.25, -0.2) is 4.79 Å². The molecule has 0 spiro atoms. The summed E-state index contributed by atoms with van der Waals surface area (Å²) in [4.78, 5) is 14.4. The number of aliphatic hydroxyl groups is 1. The topological polar surface area (TPSA) is 61.8 Å². The Morgan fingerprint density at radius 2 is 2.04 bits per heavy atom. The molecule has 0 radical (unpaired) electrons. The number of likely N-dealkylation sites (tertiary alicyclic amines) is 1. The van der Waals surface area contributed by atoms with Gasteiger partial charge in [0.1, 0.15) is 0 Å². The van der Waals surface area contributed by atoms with E-state index in [0.717, 1.165) is 45.4 Å². The predicted molar refractivity (Wildman–Crippen MR) is 93.0 cm³/mol. The molecule has 132 valence electrons. The molecule has 0 aromatic heterocycles. The second-order valence-electron chi connectivity index (χ2n) is 7.05. The Hall–Kier alpha value is -1.59. The number of hydrogen-bond donors (Lipinski definition) is 2. The van der Waals surface area contributed by atoms with Gasteiger partial charge >= 0.3 is 6.03 Å². The van der Waals surface area contributed by atoms with Gasteiger partial charge in [0.2, 0.25) is 0 Å². The van der Waals surface area contributed by atoms with Crippen molar-refractivity contribution < 1.29 is 14.6 Å². The third-order valence-corrected chi connectivity index (χ3v) is 5.48. The summed E-state index contributed by atoms with van der Waals surface area (Å²) in [6.07, 6.45) is 3.83. The Labute approximate surface area is 144 Å². The summed E-state index contributed by atoms with van der Waals surface area (Å²) in [7, 11) is 0. The zero-order valence-corrected chi connectivity index (χ0v) is 14.2. The van der Waals surface area contributed by atoms with Crippen LogP contribution in [0.3, 0.4) is 0 Å². The normalized spacial score (nSPS) is 23.7. The molecular weight excluding hydrogens is 304 g/mol. The van der Waals surface area contributed by atoms with E-state index in [1.165, 1.54) is 5.56 Å². The highest BCUT2D eigenvalue weighted by Gasteiger charge is 2.35. The maximum Gasteiger partial charge on any atom is 0.317 e. The number of nitrogens with one attached hydrogen (secondary N) is 1.